The Kier molecular flexibility index (Phi) is 8.49. The smallest absolute Gasteiger partial charge is 0.266 e. The Labute approximate surface area is 208 Å². The van der Waals surface area contributed by atoms with Crippen molar-refractivity contribution in [2.75, 3.05) is 24.4 Å². The molecular formula is C27H24ClN3O4. The fraction of sp³-hybridized carbons (Fsp3) is 0.148. The summed E-state index contributed by atoms with van der Waals surface area (Å²) in [5.41, 5.74) is 3.39. The number of nitriles is 1. The normalized spacial score (nSPS) is 10.8. The lowest BCUT2D eigenvalue weighted by molar-refractivity contribution is -0.118. The molecule has 8 heteroatoms. The summed E-state index contributed by atoms with van der Waals surface area (Å²) in [7, 11) is 1.54. The summed E-state index contributed by atoms with van der Waals surface area (Å²) in [6.45, 7) is 3.57. The Bertz CT molecular complexity index is 1310. The van der Waals surface area contributed by atoms with E-state index in [-0.39, 0.29) is 18.1 Å². The number of ether oxygens (including phenoxy) is 2. The quantitative estimate of drug-likeness (QED) is 0.320. The van der Waals surface area contributed by atoms with Gasteiger partial charge in [-0.3, -0.25) is 9.59 Å². The van der Waals surface area contributed by atoms with Gasteiger partial charge in [-0.1, -0.05) is 23.7 Å². The number of rotatable bonds is 8. The van der Waals surface area contributed by atoms with Crippen LogP contribution in [0, 0.1) is 25.2 Å². The number of anilines is 2. The van der Waals surface area contributed by atoms with Gasteiger partial charge in [-0.05, 0) is 79.6 Å². The van der Waals surface area contributed by atoms with E-state index < -0.39 is 5.91 Å². The number of carbonyl (C=O) groups excluding carboxylic acids is 2. The van der Waals surface area contributed by atoms with E-state index in [0.717, 1.165) is 11.1 Å². The zero-order valence-corrected chi connectivity index (χ0v) is 20.3. The molecular weight excluding hydrogens is 466 g/mol. The molecule has 0 saturated heterocycles. The molecule has 0 fully saturated rings. The number of hydrogen-bond donors (Lipinski definition) is 2. The third-order valence-electron chi connectivity index (χ3n) is 5.01. The van der Waals surface area contributed by atoms with Gasteiger partial charge in [0.25, 0.3) is 11.8 Å². The Balaban J connectivity index is 1.74. The Morgan fingerprint density at radius 2 is 1.77 bits per heavy atom. The number of aryl methyl sites for hydroxylation is 2. The van der Waals surface area contributed by atoms with Crippen LogP contribution in [-0.2, 0) is 9.59 Å². The Hall–Kier alpha value is -4.28. The lowest BCUT2D eigenvalue weighted by atomic mass is 10.1. The summed E-state index contributed by atoms with van der Waals surface area (Å²) in [6, 6.07) is 19.1. The van der Waals surface area contributed by atoms with Crippen LogP contribution in [0.2, 0.25) is 5.02 Å². The second-order valence-corrected chi connectivity index (χ2v) is 8.13. The Morgan fingerprint density at radius 3 is 2.46 bits per heavy atom. The monoisotopic (exact) mass is 489 g/mol. The fourth-order valence-corrected chi connectivity index (χ4v) is 3.32. The van der Waals surface area contributed by atoms with Crippen LogP contribution in [0.5, 0.6) is 11.5 Å². The van der Waals surface area contributed by atoms with Crippen molar-refractivity contribution in [3.63, 3.8) is 0 Å². The van der Waals surface area contributed by atoms with Crippen LogP contribution in [0.15, 0.2) is 66.2 Å². The van der Waals surface area contributed by atoms with Gasteiger partial charge >= 0.3 is 0 Å². The summed E-state index contributed by atoms with van der Waals surface area (Å²) in [5, 5.41) is 15.4. The SMILES string of the molecule is COc1ccc(NC(=O)/C(C#N)=C\c2cc(Cl)ccc2OCC(=O)Nc2cc(C)ccc2C)cc1. The van der Waals surface area contributed by atoms with Crippen LogP contribution in [0.1, 0.15) is 16.7 Å². The second kappa shape index (κ2) is 11.7. The maximum Gasteiger partial charge on any atom is 0.266 e. The van der Waals surface area contributed by atoms with Gasteiger partial charge in [-0.2, -0.15) is 5.26 Å². The van der Waals surface area contributed by atoms with Gasteiger partial charge in [0.05, 0.1) is 7.11 Å². The molecule has 3 aromatic rings. The first-order valence-electron chi connectivity index (χ1n) is 10.7. The van der Waals surface area contributed by atoms with E-state index in [9.17, 15) is 14.9 Å². The van der Waals surface area contributed by atoms with Crippen molar-refractivity contribution in [3.8, 4) is 17.6 Å². The minimum atomic E-state index is -0.601. The fourth-order valence-electron chi connectivity index (χ4n) is 3.14. The minimum absolute atomic E-state index is 0.159. The number of hydrogen-bond acceptors (Lipinski definition) is 5. The average Bonchev–Trinajstić information content (AvgIpc) is 2.84. The largest absolute Gasteiger partial charge is 0.497 e. The van der Waals surface area contributed by atoms with Crippen LogP contribution >= 0.6 is 11.6 Å². The molecule has 0 aliphatic rings. The molecule has 35 heavy (non-hydrogen) atoms. The van der Waals surface area contributed by atoms with Crippen LogP contribution in [0.3, 0.4) is 0 Å². The van der Waals surface area contributed by atoms with Crippen molar-refractivity contribution >= 4 is 40.9 Å². The van der Waals surface area contributed by atoms with Crippen LogP contribution in [-0.4, -0.2) is 25.5 Å². The first kappa shape index (κ1) is 25.3. The molecule has 0 heterocycles. The minimum Gasteiger partial charge on any atom is -0.497 e. The molecule has 3 aromatic carbocycles. The maximum absolute atomic E-state index is 12.7. The van der Waals surface area contributed by atoms with E-state index in [1.54, 1.807) is 49.6 Å². The molecule has 0 unspecified atom stereocenters. The molecule has 3 rings (SSSR count). The van der Waals surface area contributed by atoms with E-state index in [4.69, 9.17) is 21.1 Å². The highest BCUT2D eigenvalue weighted by atomic mass is 35.5. The molecule has 178 valence electrons. The van der Waals surface area contributed by atoms with E-state index >= 15 is 0 Å². The molecule has 0 aliphatic heterocycles. The van der Waals surface area contributed by atoms with Crippen molar-refractivity contribution in [3.05, 3.63) is 87.9 Å². The Morgan fingerprint density at radius 1 is 1.03 bits per heavy atom. The van der Waals surface area contributed by atoms with Gasteiger partial charge in [0.15, 0.2) is 6.61 Å². The van der Waals surface area contributed by atoms with Crippen molar-refractivity contribution in [1.82, 2.24) is 0 Å². The van der Waals surface area contributed by atoms with Crippen LogP contribution in [0.4, 0.5) is 11.4 Å². The van der Waals surface area contributed by atoms with Gasteiger partial charge < -0.3 is 20.1 Å². The standard InChI is InChI=1S/C27H24ClN3O4/c1-17-4-5-18(2)24(12-17)31-26(32)16-35-25-11-6-21(28)14-19(25)13-20(15-29)27(33)30-22-7-9-23(34-3)10-8-22/h4-14H,16H2,1-3H3,(H,30,33)(H,31,32)/b20-13-. The van der Waals surface area contributed by atoms with Crippen molar-refractivity contribution in [1.29, 1.82) is 5.26 Å². The molecule has 0 atom stereocenters. The van der Waals surface area contributed by atoms with Crippen LogP contribution < -0.4 is 20.1 Å². The predicted molar refractivity (Wildman–Crippen MR) is 137 cm³/mol. The highest BCUT2D eigenvalue weighted by molar-refractivity contribution is 6.30. The van der Waals surface area contributed by atoms with Gasteiger partial charge in [0.2, 0.25) is 0 Å². The average molecular weight is 490 g/mol. The van der Waals surface area contributed by atoms with E-state index in [2.05, 4.69) is 10.6 Å². The number of methoxy groups -OCH3 is 1. The summed E-state index contributed by atoms with van der Waals surface area (Å²) < 4.78 is 10.8. The van der Waals surface area contributed by atoms with Gasteiger partial charge in [0.1, 0.15) is 23.1 Å². The number of amides is 2. The van der Waals surface area contributed by atoms with Gasteiger partial charge in [0, 0.05) is 22.0 Å². The first-order chi connectivity index (χ1) is 16.8. The van der Waals surface area contributed by atoms with Crippen molar-refractivity contribution < 1.29 is 19.1 Å². The van der Waals surface area contributed by atoms with Crippen LogP contribution in [0.25, 0.3) is 6.08 Å². The molecule has 0 bridgehead atoms. The summed E-state index contributed by atoms with van der Waals surface area (Å²) in [4.78, 5) is 25.1. The highest BCUT2D eigenvalue weighted by Crippen LogP contribution is 2.26. The van der Waals surface area contributed by atoms with E-state index in [0.29, 0.717) is 33.5 Å². The highest BCUT2D eigenvalue weighted by Gasteiger charge is 2.13. The molecule has 0 saturated carbocycles. The third kappa shape index (κ3) is 7.10. The lowest BCUT2D eigenvalue weighted by Gasteiger charge is -2.12. The topological polar surface area (TPSA) is 100 Å². The summed E-state index contributed by atoms with van der Waals surface area (Å²) in [5.74, 6) is -0.00512. The molecule has 0 spiro atoms. The predicted octanol–water partition coefficient (Wildman–Crippen LogP) is 5.53. The maximum atomic E-state index is 12.7. The second-order valence-electron chi connectivity index (χ2n) is 7.69. The van der Waals surface area contributed by atoms with Gasteiger partial charge in [-0.15, -0.1) is 0 Å². The van der Waals surface area contributed by atoms with E-state index in [1.807, 2.05) is 38.1 Å². The summed E-state index contributed by atoms with van der Waals surface area (Å²) in [6.07, 6.45) is 1.36. The summed E-state index contributed by atoms with van der Waals surface area (Å²) >= 11 is 6.12. The van der Waals surface area contributed by atoms with Gasteiger partial charge in [-0.25, -0.2) is 0 Å². The number of carbonyl (C=O) groups is 2. The molecule has 0 aliphatic carbocycles. The van der Waals surface area contributed by atoms with Crippen molar-refractivity contribution in [2.45, 2.75) is 13.8 Å². The molecule has 2 N–H and O–H groups in total. The molecule has 2 amide bonds. The third-order valence-corrected chi connectivity index (χ3v) is 5.25. The number of nitrogens with one attached hydrogen (secondary N) is 2. The molecule has 0 radical (unpaired) electrons. The number of benzene rings is 3. The zero-order valence-electron chi connectivity index (χ0n) is 19.5. The van der Waals surface area contributed by atoms with Crippen molar-refractivity contribution in [2.24, 2.45) is 0 Å². The first-order valence-corrected chi connectivity index (χ1v) is 11.0. The number of halogens is 1. The number of nitrogens with zero attached hydrogens (tertiary/aromatic N) is 1. The molecule has 7 nitrogen and oxygen atoms in total. The molecule has 0 aromatic heterocycles. The lowest BCUT2D eigenvalue weighted by Crippen LogP contribution is -2.21. The van der Waals surface area contributed by atoms with E-state index in [1.165, 1.54) is 6.08 Å². The zero-order chi connectivity index (χ0) is 25.4.